The molecule has 3 nitrogen and oxygen atoms in total. The van der Waals surface area contributed by atoms with Crippen molar-refractivity contribution >= 4 is 5.82 Å². The van der Waals surface area contributed by atoms with Crippen LogP contribution in [0.5, 0.6) is 0 Å². The van der Waals surface area contributed by atoms with Crippen molar-refractivity contribution in [1.29, 1.82) is 0 Å². The second-order valence-corrected chi connectivity index (χ2v) is 5.83. The van der Waals surface area contributed by atoms with Gasteiger partial charge in [-0.1, -0.05) is 6.07 Å². The quantitative estimate of drug-likeness (QED) is 0.835. The molecule has 0 bridgehead atoms. The molecule has 1 heterocycles. The number of nitrogens with zero attached hydrogens (tertiary/aromatic N) is 2. The lowest BCUT2D eigenvalue weighted by Gasteiger charge is -2.28. The lowest BCUT2D eigenvalue weighted by molar-refractivity contribution is 0.597. The third-order valence-corrected chi connectivity index (χ3v) is 4.28. The number of aromatic nitrogens is 1. The highest BCUT2D eigenvalue weighted by Gasteiger charge is 2.31. The van der Waals surface area contributed by atoms with Gasteiger partial charge in [-0.15, -0.1) is 0 Å². The zero-order valence-electron chi connectivity index (χ0n) is 11.4. The predicted octanol–water partition coefficient (Wildman–Crippen LogP) is 2.57. The van der Waals surface area contributed by atoms with E-state index in [1.807, 2.05) is 12.3 Å². The summed E-state index contributed by atoms with van der Waals surface area (Å²) in [5.41, 5.74) is 1.33. The van der Waals surface area contributed by atoms with Gasteiger partial charge in [0.25, 0.3) is 0 Å². The molecule has 2 fully saturated rings. The van der Waals surface area contributed by atoms with E-state index in [4.69, 9.17) is 0 Å². The van der Waals surface area contributed by atoms with E-state index in [9.17, 15) is 0 Å². The monoisotopic (exact) mass is 245 g/mol. The smallest absolute Gasteiger partial charge is 0.132 e. The van der Waals surface area contributed by atoms with Crippen LogP contribution in [-0.4, -0.2) is 24.1 Å². The van der Waals surface area contributed by atoms with Gasteiger partial charge >= 0.3 is 0 Å². The van der Waals surface area contributed by atoms with Crippen molar-refractivity contribution in [3.63, 3.8) is 0 Å². The molecule has 1 aromatic heterocycles. The Kier molecular flexibility index (Phi) is 3.25. The molecule has 0 radical (unpaired) electrons. The Hall–Kier alpha value is -1.09. The molecule has 3 heteroatoms. The Morgan fingerprint density at radius 1 is 1.39 bits per heavy atom. The van der Waals surface area contributed by atoms with Crippen LogP contribution >= 0.6 is 0 Å². The molecule has 3 rings (SSSR count). The highest BCUT2D eigenvalue weighted by atomic mass is 15.2. The molecule has 18 heavy (non-hydrogen) atoms. The molecule has 0 aliphatic heterocycles. The summed E-state index contributed by atoms with van der Waals surface area (Å²) in [7, 11) is 2.19. The van der Waals surface area contributed by atoms with E-state index in [2.05, 4.69) is 35.2 Å². The van der Waals surface area contributed by atoms with Crippen molar-refractivity contribution in [3.8, 4) is 0 Å². The van der Waals surface area contributed by atoms with E-state index in [0.29, 0.717) is 6.04 Å². The molecule has 0 spiro atoms. The average Bonchev–Trinajstić information content (AvgIpc) is 3.28. The fraction of sp³-hybridized carbons (Fsp3) is 0.667. The number of nitrogens with one attached hydrogen (secondary N) is 1. The topological polar surface area (TPSA) is 28.2 Å². The SMILES string of the molecule is CC(C1CC1)N(C)c1ncccc1CNC1CC1. The maximum Gasteiger partial charge on any atom is 0.132 e. The van der Waals surface area contributed by atoms with Gasteiger partial charge in [-0.05, 0) is 44.6 Å². The lowest BCUT2D eigenvalue weighted by Crippen LogP contribution is -2.32. The molecule has 1 atom stereocenters. The third-order valence-electron chi connectivity index (χ3n) is 4.28. The molecule has 1 unspecified atom stereocenters. The number of rotatable bonds is 6. The molecule has 1 aromatic rings. The lowest BCUT2D eigenvalue weighted by atomic mass is 10.1. The molecule has 2 aliphatic carbocycles. The summed E-state index contributed by atoms with van der Waals surface area (Å²) >= 11 is 0. The van der Waals surface area contributed by atoms with Crippen molar-refractivity contribution < 1.29 is 0 Å². The van der Waals surface area contributed by atoms with Crippen LogP contribution < -0.4 is 10.2 Å². The van der Waals surface area contributed by atoms with Gasteiger partial charge in [-0.3, -0.25) is 0 Å². The van der Waals surface area contributed by atoms with Crippen LogP contribution in [0.4, 0.5) is 5.82 Å². The predicted molar refractivity (Wildman–Crippen MR) is 74.7 cm³/mol. The summed E-state index contributed by atoms with van der Waals surface area (Å²) in [6.07, 6.45) is 7.35. The van der Waals surface area contributed by atoms with E-state index in [-0.39, 0.29) is 0 Å². The first-order chi connectivity index (χ1) is 8.75. The van der Waals surface area contributed by atoms with Crippen LogP contribution in [0.1, 0.15) is 38.2 Å². The Bertz CT molecular complexity index is 410. The first-order valence-corrected chi connectivity index (χ1v) is 7.16. The summed E-state index contributed by atoms with van der Waals surface area (Å²) < 4.78 is 0. The average molecular weight is 245 g/mol. The van der Waals surface area contributed by atoms with Gasteiger partial charge in [0.15, 0.2) is 0 Å². The molecule has 0 aromatic carbocycles. The third kappa shape index (κ3) is 2.66. The number of hydrogen-bond donors (Lipinski definition) is 1. The van der Waals surface area contributed by atoms with Crippen LogP contribution in [-0.2, 0) is 6.54 Å². The fourth-order valence-electron chi connectivity index (χ4n) is 2.52. The number of hydrogen-bond acceptors (Lipinski definition) is 3. The first kappa shape index (κ1) is 12.0. The summed E-state index contributed by atoms with van der Waals surface area (Å²) in [6.45, 7) is 3.28. The van der Waals surface area contributed by atoms with Gasteiger partial charge in [-0.2, -0.15) is 0 Å². The van der Waals surface area contributed by atoms with Crippen molar-refractivity contribution in [3.05, 3.63) is 23.9 Å². The first-order valence-electron chi connectivity index (χ1n) is 7.16. The fourth-order valence-corrected chi connectivity index (χ4v) is 2.52. The van der Waals surface area contributed by atoms with Crippen LogP contribution in [0.25, 0.3) is 0 Å². The summed E-state index contributed by atoms with van der Waals surface area (Å²) in [5, 5.41) is 3.59. The standard InChI is InChI=1S/C15H23N3/c1-11(12-5-6-12)18(2)15-13(4-3-9-16-15)10-17-14-7-8-14/h3-4,9,11-12,14,17H,5-8,10H2,1-2H3. The molecule has 0 saturated heterocycles. The molecular weight excluding hydrogens is 222 g/mol. The van der Waals surface area contributed by atoms with Crippen molar-refractivity contribution in [2.45, 2.75) is 51.2 Å². The highest BCUT2D eigenvalue weighted by molar-refractivity contribution is 5.47. The minimum absolute atomic E-state index is 0.611. The Labute approximate surface area is 110 Å². The van der Waals surface area contributed by atoms with Crippen molar-refractivity contribution in [2.24, 2.45) is 5.92 Å². The second kappa shape index (κ2) is 4.88. The highest BCUT2D eigenvalue weighted by Crippen LogP contribution is 2.36. The molecule has 1 N–H and O–H groups in total. The van der Waals surface area contributed by atoms with Gasteiger partial charge in [-0.25, -0.2) is 4.98 Å². The van der Waals surface area contributed by atoms with Gasteiger partial charge in [0.1, 0.15) is 5.82 Å². The van der Waals surface area contributed by atoms with Crippen LogP contribution in [0.15, 0.2) is 18.3 Å². The second-order valence-electron chi connectivity index (χ2n) is 5.83. The summed E-state index contributed by atoms with van der Waals surface area (Å²) in [4.78, 5) is 6.96. The minimum atomic E-state index is 0.611. The van der Waals surface area contributed by atoms with Crippen molar-refractivity contribution in [1.82, 2.24) is 10.3 Å². The van der Waals surface area contributed by atoms with Crippen LogP contribution in [0, 0.1) is 5.92 Å². The normalized spacial score (nSPS) is 20.8. The zero-order chi connectivity index (χ0) is 12.5. The van der Waals surface area contributed by atoms with E-state index in [0.717, 1.165) is 24.3 Å². The number of pyridine rings is 1. The van der Waals surface area contributed by atoms with Gasteiger partial charge < -0.3 is 10.2 Å². The number of anilines is 1. The van der Waals surface area contributed by atoms with Gasteiger partial charge in [0, 0.05) is 37.4 Å². The minimum Gasteiger partial charge on any atom is -0.356 e. The molecule has 2 aliphatic rings. The largest absolute Gasteiger partial charge is 0.356 e. The zero-order valence-corrected chi connectivity index (χ0v) is 11.4. The van der Waals surface area contributed by atoms with E-state index in [1.54, 1.807) is 0 Å². The van der Waals surface area contributed by atoms with Crippen LogP contribution in [0.3, 0.4) is 0 Å². The van der Waals surface area contributed by atoms with E-state index >= 15 is 0 Å². The maximum absolute atomic E-state index is 4.59. The Morgan fingerprint density at radius 2 is 2.17 bits per heavy atom. The van der Waals surface area contributed by atoms with Crippen molar-refractivity contribution in [2.75, 3.05) is 11.9 Å². The Morgan fingerprint density at radius 3 is 2.83 bits per heavy atom. The maximum atomic E-state index is 4.59. The Balaban J connectivity index is 1.71. The molecule has 98 valence electrons. The van der Waals surface area contributed by atoms with E-state index in [1.165, 1.54) is 31.2 Å². The van der Waals surface area contributed by atoms with Gasteiger partial charge in [0.2, 0.25) is 0 Å². The van der Waals surface area contributed by atoms with Crippen LogP contribution in [0.2, 0.25) is 0 Å². The summed E-state index contributed by atoms with van der Waals surface area (Å²) in [5.74, 6) is 2.03. The molecule has 0 amide bonds. The molecule has 2 saturated carbocycles. The summed E-state index contributed by atoms with van der Waals surface area (Å²) in [6, 6.07) is 5.61. The molecular formula is C15H23N3. The van der Waals surface area contributed by atoms with E-state index < -0.39 is 0 Å². The van der Waals surface area contributed by atoms with Gasteiger partial charge in [0.05, 0.1) is 0 Å².